The third-order valence-corrected chi connectivity index (χ3v) is 2.98. The molecule has 2 aromatic heterocycles. The van der Waals surface area contributed by atoms with Gasteiger partial charge in [-0.25, -0.2) is 9.97 Å². The van der Waals surface area contributed by atoms with Gasteiger partial charge in [-0.2, -0.15) is 0 Å². The predicted octanol–water partition coefficient (Wildman–Crippen LogP) is 2.83. The van der Waals surface area contributed by atoms with E-state index >= 15 is 0 Å². The SMILES string of the molecule is CN(Cc1nccs1)c1ccnc(Cl)c1. The van der Waals surface area contributed by atoms with Crippen molar-refractivity contribution in [1.82, 2.24) is 9.97 Å². The van der Waals surface area contributed by atoms with Gasteiger partial charge in [-0.3, -0.25) is 0 Å². The summed E-state index contributed by atoms with van der Waals surface area (Å²) in [6.07, 6.45) is 3.52. The zero-order valence-corrected chi connectivity index (χ0v) is 9.79. The molecule has 0 amide bonds. The summed E-state index contributed by atoms with van der Waals surface area (Å²) >= 11 is 7.47. The smallest absolute Gasteiger partial charge is 0.131 e. The summed E-state index contributed by atoms with van der Waals surface area (Å²) in [7, 11) is 2.01. The van der Waals surface area contributed by atoms with Gasteiger partial charge < -0.3 is 4.90 Å². The number of nitrogens with zero attached hydrogens (tertiary/aromatic N) is 3. The maximum Gasteiger partial charge on any atom is 0.131 e. The van der Waals surface area contributed by atoms with Crippen molar-refractivity contribution in [2.24, 2.45) is 0 Å². The number of halogens is 1. The third-order valence-electron chi connectivity index (χ3n) is 2.01. The summed E-state index contributed by atoms with van der Waals surface area (Å²) < 4.78 is 0. The highest BCUT2D eigenvalue weighted by Crippen LogP contribution is 2.18. The van der Waals surface area contributed by atoms with Gasteiger partial charge >= 0.3 is 0 Å². The molecule has 0 saturated carbocycles. The van der Waals surface area contributed by atoms with E-state index in [1.165, 1.54) is 0 Å². The van der Waals surface area contributed by atoms with Gasteiger partial charge in [0.25, 0.3) is 0 Å². The molecule has 0 aliphatic carbocycles. The molecule has 2 aromatic rings. The molecule has 0 spiro atoms. The summed E-state index contributed by atoms with van der Waals surface area (Å²) in [5.74, 6) is 0. The lowest BCUT2D eigenvalue weighted by atomic mass is 10.3. The van der Waals surface area contributed by atoms with Crippen LogP contribution in [-0.2, 0) is 6.54 Å². The Hall–Kier alpha value is -1.13. The largest absolute Gasteiger partial charge is 0.368 e. The lowest BCUT2D eigenvalue weighted by molar-refractivity contribution is 0.908. The van der Waals surface area contributed by atoms with E-state index in [1.807, 2.05) is 30.8 Å². The highest BCUT2D eigenvalue weighted by Gasteiger charge is 2.04. The van der Waals surface area contributed by atoms with Crippen LogP contribution in [0.3, 0.4) is 0 Å². The number of thiazole rings is 1. The van der Waals surface area contributed by atoms with E-state index in [2.05, 4.69) is 14.9 Å². The zero-order valence-electron chi connectivity index (χ0n) is 8.22. The molecule has 0 N–H and O–H groups in total. The molecule has 0 bridgehead atoms. The Kier molecular flexibility index (Phi) is 3.18. The van der Waals surface area contributed by atoms with Gasteiger partial charge in [0.2, 0.25) is 0 Å². The van der Waals surface area contributed by atoms with E-state index in [0.29, 0.717) is 5.15 Å². The minimum absolute atomic E-state index is 0.512. The minimum atomic E-state index is 0.512. The number of aromatic nitrogens is 2. The number of hydrogen-bond donors (Lipinski definition) is 0. The van der Waals surface area contributed by atoms with E-state index in [4.69, 9.17) is 11.6 Å². The van der Waals surface area contributed by atoms with E-state index < -0.39 is 0 Å². The molecular formula is C10H10ClN3S. The maximum absolute atomic E-state index is 5.82. The highest BCUT2D eigenvalue weighted by molar-refractivity contribution is 7.09. The first-order chi connectivity index (χ1) is 7.25. The van der Waals surface area contributed by atoms with Gasteiger partial charge in [-0.05, 0) is 12.1 Å². The maximum atomic E-state index is 5.82. The van der Waals surface area contributed by atoms with Crippen LogP contribution in [0.1, 0.15) is 5.01 Å². The summed E-state index contributed by atoms with van der Waals surface area (Å²) in [4.78, 5) is 10.3. The summed E-state index contributed by atoms with van der Waals surface area (Å²) in [5, 5.41) is 3.58. The molecule has 78 valence electrons. The van der Waals surface area contributed by atoms with Gasteiger partial charge in [-0.1, -0.05) is 11.6 Å². The Bertz CT molecular complexity index is 430. The average molecular weight is 240 g/mol. The van der Waals surface area contributed by atoms with Crippen molar-refractivity contribution < 1.29 is 0 Å². The van der Waals surface area contributed by atoms with Crippen LogP contribution in [0.15, 0.2) is 29.9 Å². The summed E-state index contributed by atoms with van der Waals surface area (Å²) in [6.45, 7) is 0.790. The molecule has 2 rings (SSSR count). The highest BCUT2D eigenvalue weighted by atomic mass is 35.5. The molecule has 0 aliphatic heterocycles. The molecule has 0 saturated heterocycles. The summed E-state index contributed by atoms with van der Waals surface area (Å²) in [6, 6.07) is 3.77. The van der Waals surface area contributed by atoms with Crippen molar-refractivity contribution in [1.29, 1.82) is 0 Å². The van der Waals surface area contributed by atoms with Crippen molar-refractivity contribution in [3.05, 3.63) is 40.1 Å². The van der Waals surface area contributed by atoms with E-state index in [1.54, 1.807) is 17.5 Å². The molecule has 5 heteroatoms. The van der Waals surface area contributed by atoms with Gasteiger partial charge in [0, 0.05) is 30.5 Å². The molecule has 0 atom stereocenters. The Morgan fingerprint density at radius 2 is 2.27 bits per heavy atom. The normalized spacial score (nSPS) is 10.3. The molecule has 2 heterocycles. The number of anilines is 1. The van der Waals surface area contributed by atoms with Crippen molar-refractivity contribution in [2.45, 2.75) is 6.54 Å². The first kappa shape index (κ1) is 10.4. The Morgan fingerprint density at radius 1 is 1.40 bits per heavy atom. The fourth-order valence-corrected chi connectivity index (χ4v) is 2.09. The van der Waals surface area contributed by atoms with Crippen LogP contribution in [0.5, 0.6) is 0 Å². The lowest BCUT2D eigenvalue weighted by Gasteiger charge is -2.17. The molecule has 0 radical (unpaired) electrons. The monoisotopic (exact) mass is 239 g/mol. The first-order valence-corrected chi connectivity index (χ1v) is 5.72. The fourth-order valence-electron chi connectivity index (χ4n) is 1.25. The van der Waals surface area contributed by atoms with Crippen molar-refractivity contribution in [3.8, 4) is 0 Å². The molecule has 3 nitrogen and oxygen atoms in total. The lowest BCUT2D eigenvalue weighted by Crippen LogP contribution is -2.16. The van der Waals surface area contributed by atoms with Crippen molar-refractivity contribution in [3.63, 3.8) is 0 Å². The fraction of sp³-hybridized carbons (Fsp3) is 0.200. The van der Waals surface area contributed by atoms with Crippen molar-refractivity contribution in [2.75, 3.05) is 11.9 Å². The number of hydrogen-bond acceptors (Lipinski definition) is 4. The quantitative estimate of drug-likeness (QED) is 0.772. The van der Waals surface area contributed by atoms with Crippen LogP contribution < -0.4 is 4.90 Å². The first-order valence-electron chi connectivity index (χ1n) is 4.47. The van der Waals surface area contributed by atoms with Crippen LogP contribution in [0.25, 0.3) is 0 Å². The molecule has 15 heavy (non-hydrogen) atoms. The topological polar surface area (TPSA) is 29.0 Å². The molecule has 0 aromatic carbocycles. The molecule has 0 fully saturated rings. The van der Waals surface area contributed by atoms with Gasteiger partial charge in [-0.15, -0.1) is 11.3 Å². The molecule has 0 unspecified atom stereocenters. The van der Waals surface area contributed by atoms with E-state index in [0.717, 1.165) is 17.2 Å². The second-order valence-electron chi connectivity index (χ2n) is 3.12. The van der Waals surface area contributed by atoms with Crippen LogP contribution in [0.2, 0.25) is 5.15 Å². The standard InChI is InChI=1S/C10H10ClN3S/c1-14(7-10-13-4-5-15-10)8-2-3-12-9(11)6-8/h2-6H,7H2,1H3. The van der Waals surface area contributed by atoms with Crippen LogP contribution in [-0.4, -0.2) is 17.0 Å². The second kappa shape index (κ2) is 4.59. The van der Waals surface area contributed by atoms with E-state index in [-0.39, 0.29) is 0 Å². The minimum Gasteiger partial charge on any atom is -0.368 e. The van der Waals surface area contributed by atoms with Crippen molar-refractivity contribution >= 4 is 28.6 Å². The van der Waals surface area contributed by atoms with Gasteiger partial charge in [0.15, 0.2) is 0 Å². The van der Waals surface area contributed by atoms with Gasteiger partial charge in [0.1, 0.15) is 10.2 Å². The van der Waals surface area contributed by atoms with E-state index in [9.17, 15) is 0 Å². The number of rotatable bonds is 3. The molecule has 0 aliphatic rings. The molecular weight excluding hydrogens is 230 g/mol. The Morgan fingerprint density at radius 3 is 2.93 bits per heavy atom. The Labute approximate surface area is 97.4 Å². The third kappa shape index (κ3) is 2.67. The summed E-state index contributed by atoms with van der Waals surface area (Å²) in [5.41, 5.74) is 1.05. The second-order valence-corrected chi connectivity index (χ2v) is 4.49. The number of pyridine rings is 1. The van der Waals surface area contributed by atoms with Gasteiger partial charge in [0.05, 0.1) is 6.54 Å². The van der Waals surface area contributed by atoms with Crippen LogP contribution >= 0.6 is 22.9 Å². The predicted molar refractivity (Wildman–Crippen MR) is 63.5 cm³/mol. The van der Waals surface area contributed by atoms with Crippen LogP contribution in [0, 0.1) is 0 Å². The zero-order chi connectivity index (χ0) is 10.7. The average Bonchev–Trinajstić information content (AvgIpc) is 2.70. The Balaban J connectivity index is 2.11. The van der Waals surface area contributed by atoms with Crippen LogP contribution in [0.4, 0.5) is 5.69 Å².